The third-order valence-corrected chi connectivity index (χ3v) is 134. The Kier molecular flexibility index (Phi) is 32.2. The molecule has 0 aromatic heterocycles. The maximum absolute atomic E-state index is 2.82. The zero-order valence-corrected chi connectivity index (χ0v) is 45.8. The van der Waals surface area contributed by atoms with Crippen molar-refractivity contribution >= 4 is 221 Å². The van der Waals surface area contributed by atoms with Gasteiger partial charge in [0.1, 0.15) is 0 Å². The van der Waals surface area contributed by atoms with Crippen LogP contribution in [0.15, 0.2) is 0 Å². The number of hydrogen-bond donors (Lipinski definition) is 0. The second-order valence-electron chi connectivity index (χ2n) is 9.51. The van der Waals surface area contributed by atoms with Crippen molar-refractivity contribution in [3.63, 3.8) is 0 Å². The molecule has 0 unspecified atom stereocenters. The monoisotopic (exact) mass is 1600 g/mol. The molecule has 0 saturated heterocycles. The third-order valence-electron chi connectivity index (χ3n) is 3.71. The van der Waals surface area contributed by atoms with Crippen LogP contribution in [0.4, 0.5) is 0 Å². The molecule has 0 aromatic carbocycles. The molecule has 0 rings (SSSR count). The van der Waals surface area contributed by atoms with Crippen LogP contribution in [0, 0.1) is 0 Å². The summed E-state index contributed by atoms with van der Waals surface area (Å²) in [4.78, 5) is 30.0. The number of unbranched alkanes of at least 4 members (excludes halogenated alkanes) is 1. The van der Waals surface area contributed by atoms with E-state index in [0.29, 0.717) is 0 Å². The molecule has 0 N–H and O–H groups in total. The Morgan fingerprint density at radius 3 is 0.912 bits per heavy atom. The molecule has 0 nitrogen and oxygen atoms in total. The van der Waals surface area contributed by atoms with Gasteiger partial charge >= 0.3 is 300 Å². The Balaban J connectivity index is 5.70. The van der Waals surface area contributed by atoms with Crippen LogP contribution in [0.3, 0.4) is 0 Å². The zero-order chi connectivity index (χ0) is 26.3. The van der Waals surface area contributed by atoms with Gasteiger partial charge in [-0.3, -0.25) is 0 Å². The number of halogens is 10. The first-order valence-corrected chi connectivity index (χ1v) is 63.7. The van der Waals surface area contributed by atoms with Crippen LogP contribution < -0.4 is 0 Å². The summed E-state index contributed by atoms with van der Waals surface area (Å²) in [5.41, 5.74) is 0. The van der Waals surface area contributed by atoms with Crippen LogP contribution >= 0.6 is 194 Å². The second kappa shape index (κ2) is 26.1. The van der Waals surface area contributed by atoms with Gasteiger partial charge in [0.25, 0.3) is 0 Å². The number of rotatable bonds is 21. The minimum atomic E-state index is -0.648. The van der Waals surface area contributed by atoms with E-state index in [1.165, 1.54) is 6.42 Å². The van der Waals surface area contributed by atoms with Gasteiger partial charge in [-0.05, 0) is 0 Å². The summed E-state index contributed by atoms with van der Waals surface area (Å²) in [6.07, 6.45) is 3.02. The average molecular weight is 1600 g/mol. The summed E-state index contributed by atoms with van der Waals surface area (Å²) in [6, 6.07) is 0. The predicted octanol–water partition coefficient (Wildman–Crippen LogP) is 6.18. The van der Waals surface area contributed by atoms with E-state index in [4.69, 9.17) is 0 Å². The zero-order valence-electron chi connectivity index (χ0n) is 24.3. The molecule has 0 spiro atoms. The van der Waals surface area contributed by atoms with Crippen LogP contribution in [0.1, 0.15) is 19.8 Å². The Morgan fingerprint density at radius 1 is 0.382 bits per heavy atom. The fourth-order valence-electron chi connectivity index (χ4n) is 3.01. The van der Waals surface area contributed by atoms with E-state index >= 15 is 0 Å². The maximum atomic E-state index is 2.82. The third kappa shape index (κ3) is 26.3. The van der Waals surface area contributed by atoms with E-state index in [9.17, 15) is 0 Å². The molecular formula is C15H51B9I10. The van der Waals surface area contributed by atoms with Gasteiger partial charge in [0, 0.05) is 0 Å². The van der Waals surface area contributed by atoms with E-state index < -0.39 is 194 Å². The van der Waals surface area contributed by atoms with E-state index in [1.807, 2.05) is 26.9 Å². The van der Waals surface area contributed by atoms with Crippen LogP contribution in [-0.4, -0.2) is 85.6 Å². The van der Waals surface area contributed by atoms with Crippen molar-refractivity contribution in [2.45, 2.75) is 19.8 Å². The van der Waals surface area contributed by atoms with E-state index in [-0.39, 0.29) is 0 Å². The molecule has 0 atom stereocenters. The molecule has 0 bridgehead atoms. The van der Waals surface area contributed by atoms with E-state index in [1.54, 1.807) is 10.8 Å². The molecule has 0 aliphatic carbocycles. The molecule has 34 heavy (non-hydrogen) atoms. The summed E-state index contributed by atoms with van der Waals surface area (Å²) in [5, 5.41) is 0. The minimum absolute atomic E-state index is 0.521. The molecule has 0 fully saturated rings. The Hall–Kier alpha value is 7.88. The molecule has 19 heteroatoms. The van der Waals surface area contributed by atoms with Crippen LogP contribution in [0.5, 0.6) is 0 Å². The summed E-state index contributed by atoms with van der Waals surface area (Å²) in [7, 11) is 0. The Bertz CT molecular complexity index is 450. The van der Waals surface area contributed by atoms with Crippen molar-refractivity contribution in [2.75, 3.05) is 58.7 Å². The van der Waals surface area contributed by atoms with E-state index in [0.717, 1.165) is 0 Å². The van der Waals surface area contributed by atoms with Crippen LogP contribution in [-0.2, 0) is 0 Å². The van der Waals surface area contributed by atoms with Crippen molar-refractivity contribution in [2.24, 2.45) is 0 Å². The molecule has 0 aromatic rings. The van der Waals surface area contributed by atoms with Crippen LogP contribution in [0.2, 0.25) is 0 Å². The molecule has 0 saturated carbocycles. The summed E-state index contributed by atoms with van der Waals surface area (Å²) in [6.45, 7) is 2.43. The molecule has 0 aliphatic rings. The molecular weight excluding hydrogens is 1550 g/mol. The Labute approximate surface area is 291 Å². The Morgan fingerprint density at radius 2 is 0.647 bits per heavy atom. The van der Waals surface area contributed by atoms with Gasteiger partial charge in [0.05, 0.1) is 0 Å². The molecule has 208 valence electrons. The van der Waals surface area contributed by atoms with Crippen LogP contribution in [0.25, 0.3) is 0 Å². The summed E-state index contributed by atoms with van der Waals surface area (Å²) in [5.74, 6) is 0. The van der Waals surface area contributed by atoms with Gasteiger partial charge in [-0.1, -0.05) is 0 Å². The molecule has 0 radical (unpaired) electrons. The van der Waals surface area contributed by atoms with Crippen molar-refractivity contribution in [3.05, 3.63) is 0 Å². The van der Waals surface area contributed by atoms with E-state index in [2.05, 4.69) is 61.2 Å². The normalized spacial score (nSPS) is 14.8. The first-order valence-electron chi connectivity index (χ1n) is 10.9. The first-order chi connectivity index (χ1) is 15.8. The quantitative estimate of drug-likeness (QED) is 0.0734. The predicted molar refractivity (Wildman–Crippen MR) is 289 cm³/mol. The SMILES string of the molecule is CCCCI(C)BI(BI(C)C)BI(BI(BI(C)C)BI(C)C)BI(BI(C)C)BI(C)C. The summed E-state index contributed by atoms with van der Waals surface area (Å²) >= 11 is -5.61. The van der Waals surface area contributed by atoms with Crippen molar-refractivity contribution in [3.8, 4) is 0 Å². The number of alkyl halides is 12. The van der Waals surface area contributed by atoms with Gasteiger partial charge in [0.15, 0.2) is 0 Å². The van der Waals surface area contributed by atoms with Crippen molar-refractivity contribution < 1.29 is 0 Å². The van der Waals surface area contributed by atoms with Gasteiger partial charge < -0.3 is 0 Å². The van der Waals surface area contributed by atoms with Gasteiger partial charge in [-0.25, -0.2) is 0 Å². The fourth-order valence-corrected chi connectivity index (χ4v) is 205. The standard InChI is InChI=1S/C15H51B9I10/c1-13-14-15-30(12)21-33(20-29(10)11)24-34(22-31(16-25(2)3)17-26(4)5)23-32(18-27(6)7)19-28(8)9/h16-24H,13-15H2,1-12H3. The summed E-state index contributed by atoms with van der Waals surface area (Å²) < 4.78 is 19.2. The van der Waals surface area contributed by atoms with Gasteiger partial charge in [-0.15, -0.1) is 0 Å². The fraction of sp³-hybridized carbons (Fsp3) is 1.00. The number of hydrogen-bond acceptors (Lipinski definition) is 0. The molecule has 0 aliphatic heterocycles. The average Bonchev–Trinajstić information content (AvgIpc) is 2.63. The molecule has 0 amide bonds. The van der Waals surface area contributed by atoms with Crippen molar-refractivity contribution in [1.82, 2.24) is 0 Å². The van der Waals surface area contributed by atoms with Gasteiger partial charge in [-0.2, -0.15) is 0 Å². The van der Waals surface area contributed by atoms with Gasteiger partial charge in [0.2, 0.25) is 0 Å². The molecule has 0 heterocycles. The second-order valence-corrected chi connectivity index (χ2v) is 93.7. The topological polar surface area (TPSA) is 0 Å². The first kappa shape index (κ1) is 41.9. The van der Waals surface area contributed by atoms with Crippen molar-refractivity contribution in [1.29, 1.82) is 0 Å².